The molecule has 0 aliphatic rings. The lowest BCUT2D eigenvalue weighted by Crippen LogP contribution is -2.18. The van der Waals surface area contributed by atoms with E-state index in [1.54, 1.807) is 0 Å². The van der Waals surface area contributed by atoms with Crippen molar-refractivity contribution in [1.82, 2.24) is 15.2 Å². The zero-order valence-electron chi connectivity index (χ0n) is 11.7. The van der Waals surface area contributed by atoms with E-state index in [0.717, 1.165) is 11.1 Å². The minimum absolute atomic E-state index is 0.241. The summed E-state index contributed by atoms with van der Waals surface area (Å²) in [6.07, 6.45) is 0.498. The molecule has 3 aromatic rings. The summed E-state index contributed by atoms with van der Waals surface area (Å²) in [6, 6.07) is 17.7. The van der Waals surface area contributed by atoms with Crippen LogP contribution in [-0.2, 0) is 6.42 Å². The van der Waals surface area contributed by atoms with Crippen molar-refractivity contribution in [3.8, 4) is 11.4 Å². The van der Waals surface area contributed by atoms with Crippen molar-refractivity contribution in [3.05, 3.63) is 81.8 Å². The Morgan fingerprint density at radius 3 is 2.43 bits per heavy atom. The highest BCUT2D eigenvalue weighted by atomic mass is 16.1. The molecule has 21 heavy (non-hydrogen) atoms. The van der Waals surface area contributed by atoms with E-state index < -0.39 is 0 Å². The number of benzene rings is 2. The number of aromatic amines is 1. The van der Waals surface area contributed by atoms with Crippen LogP contribution in [0.25, 0.3) is 11.4 Å². The summed E-state index contributed by atoms with van der Waals surface area (Å²) in [5.41, 5.74) is 3.36. The zero-order chi connectivity index (χ0) is 14.7. The minimum atomic E-state index is -0.241. The van der Waals surface area contributed by atoms with Crippen LogP contribution in [0.15, 0.2) is 59.4 Å². The molecule has 2 aromatic carbocycles. The molecule has 0 atom stereocenters. The summed E-state index contributed by atoms with van der Waals surface area (Å²) in [4.78, 5) is 16.3. The van der Waals surface area contributed by atoms with Gasteiger partial charge in [-0.3, -0.25) is 4.79 Å². The van der Waals surface area contributed by atoms with Gasteiger partial charge in [0.1, 0.15) is 5.69 Å². The van der Waals surface area contributed by atoms with Gasteiger partial charge in [-0.25, -0.2) is 10.1 Å². The van der Waals surface area contributed by atoms with Crippen LogP contribution in [-0.4, -0.2) is 15.2 Å². The van der Waals surface area contributed by atoms with Gasteiger partial charge in [0.2, 0.25) is 0 Å². The zero-order valence-corrected chi connectivity index (χ0v) is 11.7. The van der Waals surface area contributed by atoms with Crippen molar-refractivity contribution in [2.24, 2.45) is 0 Å². The molecule has 0 saturated carbocycles. The van der Waals surface area contributed by atoms with Crippen molar-refractivity contribution in [2.75, 3.05) is 0 Å². The van der Waals surface area contributed by atoms with E-state index in [0.29, 0.717) is 17.9 Å². The molecule has 4 heteroatoms. The summed E-state index contributed by atoms with van der Waals surface area (Å²) in [5, 5.41) is 6.57. The molecule has 0 unspecified atom stereocenters. The third kappa shape index (κ3) is 3.05. The molecule has 0 radical (unpaired) electrons. The van der Waals surface area contributed by atoms with Crippen LogP contribution in [0, 0.1) is 6.92 Å². The first kappa shape index (κ1) is 13.2. The molecule has 1 heterocycles. The maximum absolute atomic E-state index is 11.9. The number of rotatable bonds is 3. The number of nitrogens with zero attached hydrogens (tertiary/aromatic N) is 2. The number of hydrogen-bond acceptors (Lipinski definition) is 3. The van der Waals surface area contributed by atoms with E-state index in [-0.39, 0.29) is 5.56 Å². The van der Waals surface area contributed by atoms with Crippen molar-refractivity contribution in [3.63, 3.8) is 0 Å². The molecule has 1 N–H and O–H groups in total. The molecular weight excluding hydrogens is 262 g/mol. The first-order valence-corrected chi connectivity index (χ1v) is 6.79. The van der Waals surface area contributed by atoms with Crippen LogP contribution >= 0.6 is 0 Å². The highest BCUT2D eigenvalue weighted by Gasteiger charge is 2.08. The third-order valence-electron chi connectivity index (χ3n) is 3.29. The third-order valence-corrected chi connectivity index (χ3v) is 3.29. The molecular formula is C17H15N3O. The summed E-state index contributed by atoms with van der Waals surface area (Å²) < 4.78 is 0. The Morgan fingerprint density at radius 2 is 1.71 bits per heavy atom. The van der Waals surface area contributed by atoms with Crippen LogP contribution in [0.4, 0.5) is 0 Å². The van der Waals surface area contributed by atoms with Gasteiger partial charge in [0, 0.05) is 12.0 Å². The van der Waals surface area contributed by atoms with Crippen LogP contribution in [0.2, 0.25) is 0 Å². The number of nitrogens with one attached hydrogen (secondary N) is 1. The van der Waals surface area contributed by atoms with Gasteiger partial charge in [-0.2, -0.15) is 5.10 Å². The van der Waals surface area contributed by atoms with Gasteiger partial charge in [-0.05, 0) is 12.5 Å². The van der Waals surface area contributed by atoms with Crippen LogP contribution in [0.1, 0.15) is 16.8 Å². The van der Waals surface area contributed by atoms with E-state index in [2.05, 4.69) is 15.2 Å². The Labute approximate surface area is 122 Å². The quantitative estimate of drug-likeness (QED) is 0.800. The second-order valence-corrected chi connectivity index (χ2v) is 4.96. The predicted molar refractivity (Wildman–Crippen MR) is 82.1 cm³/mol. The molecule has 4 nitrogen and oxygen atoms in total. The Bertz CT molecular complexity index is 792. The van der Waals surface area contributed by atoms with Crippen LogP contribution < -0.4 is 5.56 Å². The van der Waals surface area contributed by atoms with Crippen molar-refractivity contribution in [2.45, 2.75) is 13.3 Å². The molecule has 104 valence electrons. The molecule has 0 aliphatic heterocycles. The summed E-state index contributed by atoms with van der Waals surface area (Å²) in [5.74, 6) is 0.542. The highest BCUT2D eigenvalue weighted by molar-refractivity contribution is 5.54. The Hall–Kier alpha value is -2.75. The topological polar surface area (TPSA) is 58.6 Å². The van der Waals surface area contributed by atoms with E-state index >= 15 is 0 Å². The SMILES string of the molecule is Cc1ccc(-c2n[nH]c(=O)c(Cc3ccccc3)n2)cc1. The molecule has 3 rings (SSSR count). The molecule has 0 amide bonds. The average molecular weight is 277 g/mol. The molecule has 0 aliphatic carbocycles. The van der Waals surface area contributed by atoms with E-state index in [9.17, 15) is 4.79 Å². The summed E-state index contributed by atoms with van der Waals surface area (Å²) in [6.45, 7) is 2.03. The van der Waals surface area contributed by atoms with Gasteiger partial charge >= 0.3 is 0 Å². The maximum atomic E-state index is 11.9. The number of H-pyrrole nitrogens is 1. The minimum Gasteiger partial charge on any atom is -0.266 e. The van der Waals surface area contributed by atoms with Gasteiger partial charge in [-0.1, -0.05) is 60.2 Å². The van der Waals surface area contributed by atoms with Gasteiger partial charge < -0.3 is 0 Å². The van der Waals surface area contributed by atoms with Gasteiger partial charge in [0.05, 0.1) is 0 Å². The first-order chi connectivity index (χ1) is 10.2. The largest absolute Gasteiger partial charge is 0.286 e. The summed E-state index contributed by atoms with van der Waals surface area (Å²) >= 11 is 0. The van der Waals surface area contributed by atoms with Gasteiger partial charge in [-0.15, -0.1) is 0 Å². The fourth-order valence-electron chi connectivity index (χ4n) is 2.11. The molecule has 1 aromatic heterocycles. The Kier molecular flexibility index (Phi) is 3.60. The smallest absolute Gasteiger partial charge is 0.266 e. The van der Waals surface area contributed by atoms with E-state index in [4.69, 9.17) is 0 Å². The number of aromatic nitrogens is 3. The average Bonchev–Trinajstić information content (AvgIpc) is 2.51. The molecule has 0 fully saturated rings. The fraction of sp³-hybridized carbons (Fsp3) is 0.118. The normalized spacial score (nSPS) is 10.5. The molecule has 0 bridgehead atoms. The maximum Gasteiger partial charge on any atom is 0.286 e. The van der Waals surface area contributed by atoms with E-state index in [1.165, 1.54) is 5.56 Å². The monoisotopic (exact) mass is 277 g/mol. The number of hydrogen-bond donors (Lipinski definition) is 1. The highest BCUT2D eigenvalue weighted by Crippen LogP contribution is 2.14. The van der Waals surface area contributed by atoms with Crippen molar-refractivity contribution in [1.29, 1.82) is 0 Å². The second-order valence-electron chi connectivity index (χ2n) is 4.96. The standard InChI is InChI=1S/C17H15N3O/c1-12-7-9-14(10-8-12)16-18-15(17(21)20-19-16)11-13-5-3-2-4-6-13/h2-10H,11H2,1H3,(H,20,21). The van der Waals surface area contributed by atoms with Crippen molar-refractivity contribution < 1.29 is 0 Å². The summed E-state index contributed by atoms with van der Waals surface area (Å²) in [7, 11) is 0. The fourth-order valence-corrected chi connectivity index (χ4v) is 2.11. The van der Waals surface area contributed by atoms with E-state index in [1.807, 2.05) is 61.5 Å². The Morgan fingerprint density at radius 1 is 1.00 bits per heavy atom. The molecule has 0 spiro atoms. The van der Waals surface area contributed by atoms with Gasteiger partial charge in [0.25, 0.3) is 5.56 Å². The lowest BCUT2D eigenvalue weighted by atomic mass is 10.1. The first-order valence-electron chi connectivity index (χ1n) is 6.79. The van der Waals surface area contributed by atoms with Crippen LogP contribution in [0.3, 0.4) is 0 Å². The lowest BCUT2D eigenvalue weighted by molar-refractivity contribution is 0.883. The van der Waals surface area contributed by atoms with Crippen molar-refractivity contribution >= 4 is 0 Å². The lowest BCUT2D eigenvalue weighted by Gasteiger charge is -2.04. The molecule has 0 saturated heterocycles. The van der Waals surface area contributed by atoms with Gasteiger partial charge in [0.15, 0.2) is 5.82 Å². The number of aryl methyl sites for hydroxylation is 1. The predicted octanol–water partition coefficient (Wildman–Crippen LogP) is 2.73. The second kappa shape index (κ2) is 5.71. The van der Waals surface area contributed by atoms with Crippen LogP contribution in [0.5, 0.6) is 0 Å². The Balaban J connectivity index is 1.96.